The number of aliphatic hydroxyl groups is 1. The van der Waals surface area contributed by atoms with E-state index in [1.807, 2.05) is 0 Å². The van der Waals surface area contributed by atoms with Gasteiger partial charge in [-0.3, -0.25) is 14.9 Å². The summed E-state index contributed by atoms with van der Waals surface area (Å²) in [4.78, 5) is 29.0. The van der Waals surface area contributed by atoms with Gasteiger partial charge in [0.25, 0.3) is 11.2 Å². The number of non-ortho nitro benzene ring substituents is 1. The molecule has 1 atom stereocenters. The van der Waals surface area contributed by atoms with Crippen molar-refractivity contribution in [1.82, 2.24) is 9.97 Å². The van der Waals surface area contributed by atoms with E-state index in [2.05, 4.69) is 15.1 Å². The second kappa shape index (κ2) is 6.49. The number of aromatic amines is 1. The number of nitrogens with one attached hydrogen (secondary N) is 1. The normalized spacial score (nSPS) is 12.9. The third-order valence-electron chi connectivity index (χ3n) is 3.61. The number of hydrogen-bond donors (Lipinski definition) is 3. The highest BCUT2D eigenvalue weighted by molar-refractivity contribution is 6.03. The molecule has 0 aliphatic carbocycles. The van der Waals surface area contributed by atoms with Gasteiger partial charge >= 0.3 is 0 Å². The summed E-state index contributed by atoms with van der Waals surface area (Å²) in [5.41, 5.74) is -0.710. The van der Waals surface area contributed by atoms with Crippen LogP contribution in [0.2, 0.25) is 0 Å². The van der Waals surface area contributed by atoms with Crippen LogP contribution in [-0.4, -0.2) is 30.9 Å². The van der Waals surface area contributed by atoms with Gasteiger partial charge in [0.15, 0.2) is 5.69 Å². The van der Waals surface area contributed by atoms with Gasteiger partial charge in [0.05, 0.1) is 16.0 Å². The molecule has 3 rings (SSSR count). The van der Waals surface area contributed by atoms with Gasteiger partial charge in [-0.15, -0.1) is 0 Å². The maximum Gasteiger partial charge on any atom is 0.276 e. The molecule has 0 unspecified atom stereocenters. The van der Waals surface area contributed by atoms with Crippen LogP contribution in [0.4, 0.5) is 5.69 Å². The highest BCUT2D eigenvalue weighted by Gasteiger charge is 2.23. The summed E-state index contributed by atoms with van der Waals surface area (Å²) in [7, 11) is 0. The lowest BCUT2D eigenvalue weighted by Gasteiger charge is -2.12. The Morgan fingerprint density at radius 1 is 1.24 bits per heavy atom. The van der Waals surface area contributed by atoms with E-state index < -0.39 is 16.6 Å². The topological polar surface area (TPSA) is 142 Å². The van der Waals surface area contributed by atoms with Crippen LogP contribution < -0.4 is 5.56 Å². The molecule has 0 saturated heterocycles. The monoisotopic (exact) mass is 340 g/mol. The van der Waals surface area contributed by atoms with Crippen molar-refractivity contribution in [2.45, 2.75) is 6.10 Å². The average molecular weight is 340 g/mol. The predicted molar refractivity (Wildman–Crippen MR) is 88.7 cm³/mol. The zero-order valence-corrected chi connectivity index (χ0v) is 12.7. The van der Waals surface area contributed by atoms with E-state index >= 15 is 0 Å². The van der Waals surface area contributed by atoms with E-state index in [0.717, 1.165) is 0 Å². The van der Waals surface area contributed by atoms with Gasteiger partial charge in [0.2, 0.25) is 0 Å². The van der Waals surface area contributed by atoms with Crippen molar-refractivity contribution in [1.29, 1.82) is 0 Å². The van der Waals surface area contributed by atoms with E-state index in [1.54, 1.807) is 30.3 Å². The van der Waals surface area contributed by atoms with Crippen molar-refractivity contribution in [3.8, 4) is 0 Å². The first kappa shape index (κ1) is 16.3. The van der Waals surface area contributed by atoms with Crippen LogP contribution in [0.3, 0.4) is 0 Å². The Labute approximate surface area is 140 Å². The molecule has 3 aromatic rings. The van der Waals surface area contributed by atoms with Gasteiger partial charge < -0.3 is 15.3 Å². The third kappa shape index (κ3) is 3.08. The molecule has 0 spiro atoms. The standard InChI is InChI=1S/C16H12N4O5/c21-15(9-4-2-1-3-5-9)13(19-23)14-16(22)18-12-8-10(20(24)25)6-7-11(12)17-14/h1-8,15,21,23H,(H,18,22)/b19-13+/t15-/m0/s1. The van der Waals surface area contributed by atoms with Gasteiger partial charge in [-0.2, -0.15) is 0 Å². The molecule has 9 nitrogen and oxygen atoms in total. The first-order chi connectivity index (χ1) is 12.0. The minimum Gasteiger partial charge on any atom is -0.410 e. The van der Waals surface area contributed by atoms with E-state index in [-0.39, 0.29) is 28.1 Å². The van der Waals surface area contributed by atoms with Gasteiger partial charge in [-0.1, -0.05) is 35.5 Å². The Bertz CT molecular complexity index is 1030. The zero-order valence-electron chi connectivity index (χ0n) is 12.7. The van der Waals surface area contributed by atoms with Crippen LogP contribution in [0.1, 0.15) is 17.4 Å². The number of aliphatic hydroxyl groups excluding tert-OH is 1. The lowest BCUT2D eigenvalue weighted by molar-refractivity contribution is -0.384. The summed E-state index contributed by atoms with van der Waals surface area (Å²) in [6.45, 7) is 0. The van der Waals surface area contributed by atoms with E-state index in [9.17, 15) is 25.2 Å². The van der Waals surface area contributed by atoms with Crippen molar-refractivity contribution in [2.75, 3.05) is 0 Å². The fourth-order valence-electron chi connectivity index (χ4n) is 2.39. The SMILES string of the molecule is O=c1[nH]c2cc([N+](=O)[O-])ccc2nc1/C(=N\O)[C@@H](O)c1ccccc1. The first-order valence-corrected chi connectivity index (χ1v) is 7.15. The summed E-state index contributed by atoms with van der Waals surface area (Å²) in [6.07, 6.45) is -1.37. The first-order valence-electron chi connectivity index (χ1n) is 7.15. The quantitative estimate of drug-likeness (QED) is 0.286. The molecule has 2 aromatic carbocycles. The molecule has 0 aliphatic rings. The molecule has 0 saturated carbocycles. The van der Waals surface area contributed by atoms with Gasteiger partial charge in [-0.25, -0.2) is 4.98 Å². The smallest absolute Gasteiger partial charge is 0.276 e. The van der Waals surface area contributed by atoms with Crippen LogP contribution in [0.5, 0.6) is 0 Å². The van der Waals surface area contributed by atoms with Crippen LogP contribution >= 0.6 is 0 Å². The van der Waals surface area contributed by atoms with Crippen molar-refractivity contribution in [3.63, 3.8) is 0 Å². The summed E-state index contributed by atoms with van der Waals surface area (Å²) < 4.78 is 0. The summed E-state index contributed by atoms with van der Waals surface area (Å²) in [6, 6.07) is 12.1. The number of aromatic nitrogens is 2. The number of nitro benzene ring substituents is 1. The zero-order chi connectivity index (χ0) is 18.0. The number of nitro groups is 1. The van der Waals surface area contributed by atoms with E-state index in [1.165, 1.54) is 18.2 Å². The van der Waals surface area contributed by atoms with Crippen molar-refractivity contribution in [2.24, 2.45) is 5.16 Å². The van der Waals surface area contributed by atoms with Crippen molar-refractivity contribution >= 4 is 22.4 Å². The maximum atomic E-state index is 12.3. The minimum atomic E-state index is -1.37. The second-order valence-corrected chi connectivity index (χ2v) is 5.17. The van der Waals surface area contributed by atoms with Crippen LogP contribution in [0.25, 0.3) is 11.0 Å². The Morgan fingerprint density at radius 2 is 1.96 bits per heavy atom. The molecule has 0 fully saturated rings. The molecule has 126 valence electrons. The lowest BCUT2D eigenvalue weighted by Crippen LogP contribution is -2.25. The fourth-order valence-corrected chi connectivity index (χ4v) is 2.39. The number of fused-ring (bicyclic) bond motifs is 1. The Kier molecular flexibility index (Phi) is 4.23. The predicted octanol–water partition coefficient (Wildman–Crippen LogP) is 1.74. The summed E-state index contributed by atoms with van der Waals surface area (Å²) in [5, 5.41) is 33.5. The van der Waals surface area contributed by atoms with E-state index in [0.29, 0.717) is 5.56 Å². The molecule has 0 radical (unpaired) electrons. The number of benzene rings is 2. The van der Waals surface area contributed by atoms with Gasteiger partial charge in [0.1, 0.15) is 11.8 Å². The van der Waals surface area contributed by atoms with Crippen molar-refractivity contribution in [3.05, 3.63) is 80.3 Å². The number of nitrogens with zero attached hydrogens (tertiary/aromatic N) is 3. The highest BCUT2D eigenvalue weighted by Crippen LogP contribution is 2.20. The molecule has 1 aromatic heterocycles. The molecule has 0 aliphatic heterocycles. The van der Waals surface area contributed by atoms with Gasteiger partial charge in [0, 0.05) is 12.1 Å². The van der Waals surface area contributed by atoms with Gasteiger partial charge in [-0.05, 0) is 11.6 Å². The maximum absolute atomic E-state index is 12.3. The molecule has 0 amide bonds. The van der Waals surface area contributed by atoms with Crippen LogP contribution in [0.15, 0.2) is 58.5 Å². The van der Waals surface area contributed by atoms with Crippen LogP contribution in [-0.2, 0) is 0 Å². The molecule has 9 heteroatoms. The molecule has 1 heterocycles. The molecule has 0 bridgehead atoms. The molecule has 3 N–H and O–H groups in total. The number of rotatable bonds is 4. The number of oxime groups is 1. The Hall–Kier alpha value is -3.59. The largest absolute Gasteiger partial charge is 0.410 e. The number of H-pyrrole nitrogens is 1. The van der Waals surface area contributed by atoms with Crippen LogP contribution in [0, 0.1) is 10.1 Å². The second-order valence-electron chi connectivity index (χ2n) is 5.17. The number of hydrogen-bond acceptors (Lipinski definition) is 7. The summed E-state index contributed by atoms with van der Waals surface area (Å²) >= 11 is 0. The fraction of sp³-hybridized carbons (Fsp3) is 0.0625. The summed E-state index contributed by atoms with van der Waals surface area (Å²) in [5.74, 6) is 0. The molecular weight excluding hydrogens is 328 g/mol. The third-order valence-corrected chi connectivity index (χ3v) is 3.61. The highest BCUT2D eigenvalue weighted by atomic mass is 16.6. The minimum absolute atomic E-state index is 0.162. The van der Waals surface area contributed by atoms with E-state index in [4.69, 9.17) is 0 Å². The Balaban J connectivity index is 2.11. The Morgan fingerprint density at radius 3 is 2.60 bits per heavy atom. The lowest BCUT2D eigenvalue weighted by atomic mass is 10.0. The average Bonchev–Trinajstić information content (AvgIpc) is 2.62. The molecule has 25 heavy (non-hydrogen) atoms. The molecular formula is C16H12N4O5. The van der Waals surface area contributed by atoms with Crippen molar-refractivity contribution < 1.29 is 15.2 Å².